The van der Waals surface area contributed by atoms with Crippen molar-refractivity contribution < 1.29 is 22.7 Å². The number of nitrogens with one attached hydrogen (secondary N) is 1. The predicted molar refractivity (Wildman–Crippen MR) is 104 cm³/mol. The van der Waals surface area contributed by atoms with Gasteiger partial charge in [-0.05, 0) is 37.1 Å². The number of benzene rings is 2. The van der Waals surface area contributed by atoms with Crippen molar-refractivity contribution in [3.8, 4) is 11.5 Å². The van der Waals surface area contributed by atoms with Crippen LogP contribution in [0.5, 0.6) is 11.5 Å². The minimum absolute atomic E-state index is 0.174. The lowest BCUT2D eigenvalue weighted by molar-refractivity contribution is -0.120. The van der Waals surface area contributed by atoms with Crippen molar-refractivity contribution in [3.63, 3.8) is 0 Å². The predicted octanol–water partition coefficient (Wildman–Crippen LogP) is 2.50. The van der Waals surface area contributed by atoms with Gasteiger partial charge in [-0.2, -0.15) is 4.31 Å². The van der Waals surface area contributed by atoms with E-state index in [0.717, 1.165) is 0 Å². The second kappa shape index (κ2) is 7.81. The van der Waals surface area contributed by atoms with Gasteiger partial charge in [0.1, 0.15) is 13.2 Å². The van der Waals surface area contributed by atoms with Crippen molar-refractivity contribution >= 4 is 21.6 Å². The van der Waals surface area contributed by atoms with E-state index in [0.29, 0.717) is 49.8 Å². The van der Waals surface area contributed by atoms with Crippen molar-refractivity contribution in [1.29, 1.82) is 0 Å². The Kier molecular flexibility index (Phi) is 5.23. The average Bonchev–Trinajstić information content (AvgIpc) is 2.74. The van der Waals surface area contributed by atoms with Crippen LogP contribution in [-0.2, 0) is 14.8 Å². The number of sulfonamides is 1. The number of nitrogens with zero attached hydrogens (tertiary/aromatic N) is 1. The van der Waals surface area contributed by atoms with E-state index in [2.05, 4.69) is 5.32 Å². The number of hydrogen-bond acceptors (Lipinski definition) is 5. The molecule has 7 nitrogen and oxygen atoms in total. The van der Waals surface area contributed by atoms with Crippen molar-refractivity contribution in [1.82, 2.24) is 4.31 Å². The monoisotopic (exact) mass is 402 g/mol. The van der Waals surface area contributed by atoms with Crippen LogP contribution >= 0.6 is 0 Å². The maximum Gasteiger partial charge on any atom is 0.243 e. The molecule has 28 heavy (non-hydrogen) atoms. The molecule has 0 saturated carbocycles. The summed E-state index contributed by atoms with van der Waals surface area (Å²) in [4.78, 5) is 13.0. The highest BCUT2D eigenvalue weighted by atomic mass is 32.2. The molecule has 1 atom stereocenters. The Bertz CT molecular complexity index is 962. The summed E-state index contributed by atoms with van der Waals surface area (Å²) < 4.78 is 38.1. The van der Waals surface area contributed by atoms with E-state index in [1.807, 2.05) is 0 Å². The van der Waals surface area contributed by atoms with E-state index < -0.39 is 15.9 Å². The number of carbonyl (C=O) groups is 1. The van der Waals surface area contributed by atoms with Gasteiger partial charge in [0, 0.05) is 24.8 Å². The highest BCUT2D eigenvalue weighted by Crippen LogP contribution is 2.33. The van der Waals surface area contributed by atoms with Crippen LogP contribution in [0.25, 0.3) is 0 Å². The normalized spacial score (nSPS) is 19.8. The molecule has 0 spiro atoms. The van der Waals surface area contributed by atoms with E-state index in [9.17, 15) is 13.2 Å². The summed E-state index contributed by atoms with van der Waals surface area (Å²) >= 11 is 0. The molecule has 0 radical (unpaired) electrons. The van der Waals surface area contributed by atoms with E-state index in [-0.39, 0.29) is 17.3 Å². The van der Waals surface area contributed by atoms with E-state index in [1.54, 1.807) is 48.5 Å². The van der Waals surface area contributed by atoms with Gasteiger partial charge < -0.3 is 14.8 Å². The van der Waals surface area contributed by atoms with Crippen LogP contribution < -0.4 is 14.8 Å². The summed E-state index contributed by atoms with van der Waals surface area (Å²) in [6.45, 7) is 1.57. The molecule has 1 amide bonds. The number of anilines is 1. The van der Waals surface area contributed by atoms with Gasteiger partial charge in [-0.15, -0.1) is 0 Å². The molecule has 1 N–H and O–H groups in total. The fourth-order valence-electron chi connectivity index (χ4n) is 3.48. The SMILES string of the molecule is O=C(Nc1ccc2c(c1)OCCO2)[C@H]1CCCN(S(=O)(=O)c2ccccc2)C1. The van der Waals surface area contributed by atoms with Crippen molar-refractivity contribution in [2.24, 2.45) is 5.92 Å². The minimum atomic E-state index is -3.60. The molecule has 1 saturated heterocycles. The van der Waals surface area contributed by atoms with Crippen LogP contribution in [0, 0.1) is 5.92 Å². The molecule has 0 aromatic heterocycles. The highest BCUT2D eigenvalue weighted by molar-refractivity contribution is 7.89. The first kappa shape index (κ1) is 18.8. The Morgan fingerprint density at radius 1 is 1.04 bits per heavy atom. The van der Waals surface area contributed by atoms with Crippen LogP contribution in [0.3, 0.4) is 0 Å². The molecule has 8 heteroatoms. The molecule has 2 aliphatic rings. The number of ether oxygens (including phenoxy) is 2. The van der Waals surface area contributed by atoms with Gasteiger partial charge in [-0.1, -0.05) is 18.2 Å². The van der Waals surface area contributed by atoms with Crippen LogP contribution in [0.2, 0.25) is 0 Å². The van der Waals surface area contributed by atoms with Gasteiger partial charge in [0.2, 0.25) is 15.9 Å². The molecule has 2 aromatic rings. The van der Waals surface area contributed by atoms with E-state index >= 15 is 0 Å². The van der Waals surface area contributed by atoms with Gasteiger partial charge in [0.25, 0.3) is 0 Å². The third kappa shape index (κ3) is 3.83. The second-order valence-electron chi connectivity index (χ2n) is 6.86. The standard InChI is InChI=1S/C20H22N2O5S/c23-20(21-16-8-9-18-19(13-16)27-12-11-26-18)15-5-4-10-22(14-15)28(24,25)17-6-2-1-3-7-17/h1-3,6-9,13,15H,4-5,10-12,14H2,(H,21,23)/t15-/m0/s1. The topological polar surface area (TPSA) is 84.9 Å². The first-order chi connectivity index (χ1) is 13.5. The third-order valence-corrected chi connectivity index (χ3v) is 6.82. The van der Waals surface area contributed by atoms with Crippen LogP contribution in [0.4, 0.5) is 5.69 Å². The smallest absolute Gasteiger partial charge is 0.243 e. The summed E-state index contributed by atoms with van der Waals surface area (Å²) in [5, 5.41) is 2.88. The molecule has 1 fully saturated rings. The number of piperidine rings is 1. The van der Waals surface area contributed by atoms with Crippen molar-refractivity contribution in [2.45, 2.75) is 17.7 Å². The molecule has 0 aliphatic carbocycles. The molecule has 148 valence electrons. The largest absolute Gasteiger partial charge is 0.486 e. The quantitative estimate of drug-likeness (QED) is 0.849. The molecule has 4 rings (SSSR count). The van der Waals surface area contributed by atoms with Gasteiger partial charge in [-0.3, -0.25) is 4.79 Å². The first-order valence-corrected chi connectivity index (χ1v) is 10.7. The lowest BCUT2D eigenvalue weighted by atomic mass is 9.98. The molecule has 2 aromatic carbocycles. The summed E-state index contributed by atoms with van der Waals surface area (Å²) in [5.41, 5.74) is 0.609. The molecule has 0 unspecified atom stereocenters. The van der Waals surface area contributed by atoms with Gasteiger partial charge in [0.15, 0.2) is 11.5 Å². The van der Waals surface area contributed by atoms with Gasteiger partial charge >= 0.3 is 0 Å². The fourth-order valence-corrected chi connectivity index (χ4v) is 5.03. The number of carbonyl (C=O) groups excluding carboxylic acids is 1. The van der Waals surface area contributed by atoms with Crippen LogP contribution in [-0.4, -0.2) is 44.9 Å². The molecule has 0 bridgehead atoms. The zero-order valence-corrected chi connectivity index (χ0v) is 16.2. The lowest BCUT2D eigenvalue weighted by Gasteiger charge is -2.31. The summed E-state index contributed by atoms with van der Waals surface area (Å²) in [5.74, 6) is 0.660. The fraction of sp³-hybridized carbons (Fsp3) is 0.350. The maximum atomic E-state index is 12.8. The highest BCUT2D eigenvalue weighted by Gasteiger charge is 2.33. The summed E-state index contributed by atoms with van der Waals surface area (Å²) in [6.07, 6.45) is 1.29. The number of rotatable bonds is 4. The molecular weight excluding hydrogens is 380 g/mol. The summed E-state index contributed by atoms with van der Waals surface area (Å²) in [7, 11) is -3.60. The molecule has 2 heterocycles. The molecule has 2 aliphatic heterocycles. The lowest BCUT2D eigenvalue weighted by Crippen LogP contribution is -2.43. The number of fused-ring (bicyclic) bond motifs is 1. The Balaban J connectivity index is 1.45. The van der Waals surface area contributed by atoms with E-state index in [4.69, 9.17) is 9.47 Å². The van der Waals surface area contributed by atoms with E-state index in [1.165, 1.54) is 4.31 Å². The summed E-state index contributed by atoms with van der Waals surface area (Å²) in [6, 6.07) is 13.6. The Labute approximate surface area is 164 Å². The van der Waals surface area contributed by atoms with Crippen molar-refractivity contribution in [2.75, 3.05) is 31.6 Å². The van der Waals surface area contributed by atoms with Crippen LogP contribution in [0.15, 0.2) is 53.4 Å². The third-order valence-electron chi connectivity index (χ3n) is 4.95. The first-order valence-electron chi connectivity index (χ1n) is 9.30. The van der Waals surface area contributed by atoms with Gasteiger partial charge in [0.05, 0.1) is 10.8 Å². The number of hydrogen-bond donors (Lipinski definition) is 1. The maximum absolute atomic E-state index is 12.8. The zero-order chi connectivity index (χ0) is 19.6. The minimum Gasteiger partial charge on any atom is -0.486 e. The Morgan fingerprint density at radius 3 is 2.57 bits per heavy atom. The Morgan fingerprint density at radius 2 is 1.79 bits per heavy atom. The average molecular weight is 402 g/mol. The Hall–Kier alpha value is -2.58. The zero-order valence-electron chi connectivity index (χ0n) is 15.3. The van der Waals surface area contributed by atoms with Crippen LogP contribution in [0.1, 0.15) is 12.8 Å². The number of amides is 1. The van der Waals surface area contributed by atoms with Crippen molar-refractivity contribution in [3.05, 3.63) is 48.5 Å². The van der Waals surface area contributed by atoms with Gasteiger partial charge in [-0.25, -0.2) is 8.42 Å². The second-order valence-corrected chi connectivity index (χ2v) is 8.80. The molecular formula is C20H22N2O5S.